The lowest BCUT2D eigenvalue weighted by atomic mass is 9.77. The average molecular weight is 286 g/mol. The van der Waals surface area contributed by atoms with Gasteiger partial charge in [0, 0.05) is 0 Å². The number of carbonyl (C=O) groups excluding carboxylic acids is 1. The summed E-state index contributed by atoms with van der Waals surface area (Å²) in [5, 5.41) is 18.6. The Balaban J connectivity index is 2.35. The van der Waals surface area contributed by atoms with Gasteiger partial charge in [0.05, 0.1) is 12.7 Å². The third-order valence-electron chi connectivity index (χ3n) is 3.04. The zero-order chi connectivity index (χ0) is 15.2. The fourth-order valence-corrected chi connectivity index (χ4v) is 1.98. The summed E-state index contributed by atoms with van der Waals surface area (Å²) in [7, 11) is -0.302. The number of methoxy groups -OCH3 is 1. The Kier molecular flexibility index (Phi) is 4.97. The maximum atomic E-state index is 11.3. The summed E-state index contributed by atoms with van der Waals surface area (Å²) in [4.78, 5) is 11.3. The van der Waals surface area contributed by atoms with Gasteiger partial charge in [0.25, 0.3) is 0 Å². The number of rotatable bonds is 6. The lowest BCUT2D eigenvalue weighted by molar-refractivity contribution is 0.111. The highest BCUT2D eigenvalue weighted by atomic mass is 16.5. The van der Waals surface area contributed by atoms with E-state index < -0.39 is 7.12 Å². The molecule has 2 aromatic carbocycles. The Morgan fingerprint density at radius 2 is 1.86 bits per heavy atom. The van der Waals surface area contributed by atoms with Crippen molar-refractivity contribution in [2.45, 2.75) is 6.61 Å². The van der Waals surface area contributed by atoms with Crippen LogP contribution < -0.4 is 14.9 Å². The zero-order valence-corrected chi connectivity index (χ0v) is 11.5. The summed E-state index contributed by atoms with van der Waals surface area (Å²) in [5.41, 5.74) is 1.07. The molecule has 0 saturated heterocycles. The second-order valence-electron chi connectivity index (χ2n) is 4.37. The molecule has 0 unspecified atom stereocenters. The van der Waals surface area contributed by atoms with Crippen LogP contribution in [0.3, 0.4) is 0 Å². The Morgan fingerprint density at radius 1 is 1.14 bits per heavy atom. The summed E-state index contributed by atoms with van der Waals surface area (Å²) in [6, 6.07) is 12.4. The summed E-state index contributed by atoms with van der Waals surface area (Å²) in [6.45, 7) is 0.239. The lowest BCUT2D eigenvalue weighted by Crippen LogP contribution is -2.33. The van der Waals surface area contributed by atoms with Crippen molar-refractivity contribution in [1.82, 2.24) is 0 Å². The van der Waals surface area contributed by atoms with Gasteiger partial charge in [-0.15, -0.1) is 0 Å². The van der Waals surface area contributed by atoms with Gasteiger partial charge in [0.2, 0.25) is 0 Å². The molecular formula is C15H15BO5. The molecule has 0 spiro atoms. The molecule has 0 fully saturated rings. The van der Waals surface area contributed by atoms with Gasteiger partial charge in [-0.25, -0.2) is 0 Å². The van der Waals surface area contributed by atoms with Crippen LogP contribution in [0.5, 0.6) is 11.5 Å². The van der Waals surface area contributed by atoms with Crippen LogP contribution >= 0.6 is 0 Å². The molecule has 0 aliphatic heterocycles. The van der Waals surface area contributed by atoms with Crippen LogP contribution in [0.25, 0.3) is 0 Å². The van der Waals surface area contributed by atoms with Crippen LogP contribution in [0.2, 0.25) is 0 Å². The van der Waals surface area contributed by atoms with Crippen molar-refractivity contribution in [1.29, 1.82) is 0 Å². The van der Waals surface area contributed by atoms with Gasteiger partial charge in [-0.2, -0.15) is 0 Å². The smallest absolute Gasteiger partial charge is 0.489 e. The highest BCUT2D eigenvalue weighted by Crippen LogP contribution is 2.30. The molecule has 21 heavy (non-hydrogen) atoms. The fraction of sp³-hybridized carbons (Fsp3) is 0.133. The molecule has 0 aliphatic carbocycles. The minimum Gasteiger partial charge on any atom is -0.493 e. The molecule has 0 heterocycles. The van der Waals surface area contributed by atoms with E-state index in [1.165, 1.54) is 19.2 Å². The van der Waals surface area contributed by atoms with Crippen LogP contribution in [0.1, 0.15) is 15.9 Å². The van der Waals surface area contributed by atoms with Crippen molar-refractivity contribution in [3.05, 3.63) is 53.6 Å². The molecule has 2 N–H and O–H groups in total. The van der Waals surface area contributed by atoms with Gasteiger partial charge in [0.15, 0.2) is 17.8 Å². The number of ether oxygens (including phenoxy) is 2. The largest absolute Gasteiger partial charge is 0.493 e. The van der Waals surface area contributed by atoms with Gasteiger partial charge >= 0.3 is 7.12 Å². The van der Waals surface area contributed by atoms with Crippen molar-refractivity contribution in [2.24, 2.45) is 0 Å². The molecule has 2 rings (SSSR count). The van der Waals surface area contributed by atoms with Gasteiger partial charge in [-0.1, -0.05) is 36.4 Å². The second kappa shape index (κ2) is 6.92. The molecule has 0 saturated carbocycles. The van der Waals surface area contributed by atoms with Crippen molar-refractivity contribution < 1.29 is 24.3 Å². The van der Waals surface area contributed by atoms with Crippen molar-refractivity contribution in [3.63, 3.8) is 0 Å². The minimum absolute atomic E-state index is 0.0697. The summed E-state index contributed by atoms with van der Waals surface area (Å²) < 4.78 is 10.8. The Labute approximate surface area is 122 Å². The fourth-order valence-electron chi connectivity index (χ4n) is 1.98. The predicted molar refractivity (Wildman–Crippen MR) is 79.0 cm³/mol. The Bertz CT molecular complexity index is 613. The molecule has 5 nitrogen and oxygen atoms in total. The lowest BCUT2D eigenvalue weighted by Gasteiger charge is -2.15. The monoisotopic (exact) mass is 286 g/mol. The molecule has 0 aromatic heterocycles. The Hall–Kier alpha value is -2.31. The van der Waals surface area contributed by atoms with E-state index in [0.29, 0.717) is 12.0 Å². The third kappa shape index (κ3) is 3.42. The Morgan fingerprint density at radius 3 is 2.43 bits per heavy atom. The standard InChI is InChI=1S/C15H15BO5/c1-20-14-8-7-13(16(18)19)12(9-17)15(14)21-10-11-5-3-2-4-6-11/h2-9,18-19H,10H2,1H3. The van der Waals surface area contributed by atoms with Crippen LogP contribution in [0.4, 0.5) is 0 Å². The van der Waals surface area contributed by atoms with Crippen molar-refractivity contribution >= 4 is 18.9 Å². The normalized spacial score (nSPS) is 10.0. The molecule has 0 aliphatic rings. The van der Waals surface area contributed by atoms with Gasteiger partial charge in [-0.05, 0) is 17.1 Å². The average Bonchev–Trinajstić information content (AvgIpc) is 2.52. The highest BCUT2D eigenvalue weighted by molar-refractivity contribution is 6.60. The maximum absolute atomic E-state index is 11.3. The van der Waals surface area contributed by atoms with Gasteiger partial charge in [0.1, 0.15) is 6.61 Å². The minimum atomic E-state index is -1.75. The van der Waals surface area contributed by atoms with E-state index in [4.69, 9.17) is 9.47 Å². The van der Waals surface area contributed by atoms with Crippen molar-refractivity contribution in [2.75, 3.05) is 7.11 Å². The second-order valence-corrected chi connectivity index (χ2v) is 4.37. The summed E-state index contributed by atoms with van der Waals surface area (Å²) >= 11 is 0. The number of aldehydes is 1. The molecule has 6 heteroatoms. The number of hydrogen-bond acceptors (Lipinski definition) is 5. The SMILES string of the molecule is COc1ccc(B(O)O)c(C=O)c1OCc1ccccc1. The maximum Gasteiger partial charge on any atom is 0.489 e. The third-order valence-corrected chi connectivity index (χ3v) is 3.04. The van der Waals surface area contributed by atoms with Crippen LogP contribution in [0.15, 0.2) is 42.5 Å². The topological polar surface area (TPSA) is 76.0 Å². The van der Waals surface area contributed by atoms with Crippen LogP contribution in [0, 0.1) is 0 Å². The molecule has 0 atom stereocenters. The molecule has 2 aromatic rings. The first kappa shape index (κ1) is 15.1. The number of hydrogen-bond donors (Lipinski definition) is 2. The molecule has 0 bridgehead atoms. The van der Waals surface area contributed by atoms with E-state index in [9.17, 15) is 14.8 Å². The quantitative estimate of drug-likeness (QED) is 0.606. The molecule has 108 valence electrons. The van der Waals surface area contributed by atoms with Crippen molar-refractivity contribution in [3.8, 4) is 11.5 Å². The molecule has 0 amide bonds. The van der Waals surface area contributed by atoms with Gasteiger partial charge < -0.3 is 19.5 Å². The number of benzene rings is 2. The first-order valence-electron chi connectivity index (χ1n) is 6.36. The van der Waals surface area contributed by atoms with E-state index in [0.717, 1.165) is 5.56 Å². The summed E-state index contributed by atoms with van der Waals surface area (Å²) in [5.74, 6) is 0.555. The molecular weight excluding hydrogens is 271 g/mol. The van der Waals surface area contributed by atoms with Crippen LogP contribution in [-0.2, 0) is 6.61 Å². The van der Waals surface area contributed by atoms with E-state index >= 15 is 0 Å². The predicted octanol–water partition coefficient (Wildman–Crippen LogP) is 0.766. The van der Waals surface area contributed by atoms with Crippen LogP contribution in [-0.4, -0.2) is 30.6 Å². The highest BCUT2D eigenvalue weighted by Gasteiger charge is 2.22. The van der Waals surface area contributed by atoms with E-state index in [-0.39, 0.29) is 23.4 Å². The number of carbonyl (C=O) groups is 1. The van der Waals surface area contributed by atoms with E-state index in [1.54, 1.807) is 0 Å². The summed E-state index contributed by atoms with van der Waals surface area (Å²) in [6.07, 6.45) is 0.525. The van der Waals surface area contributed by atoms with Gasteiger partial charge in [-0.3, -0.25) is 4.79 Å². The first-order valence-corrected chi connectivity index (χ1v) is 6.36. The first-order chi connectivity index (χ1) is 10.2. The van der Waals surface area contributed by atoms with E-state index in [1.807, 2.05) is 30.3 Å². The van der Waals surface area contributed by atoms with E-state index in [2.05, 4.69) is 0 Å². The zero-order valence-electron chi connectivity index (χ0n) is 11.5. The molecule has 0 radical (unpaired) electrons.